The number of nitrogens with one attached hydrogen (secondary N) is 2. The zero-order valence-electron chi connectivity index (χ0n) is 16.7. The molecule has 12 heteroatoms. The van der Waals surface area contributed by atoms with Gasteiger partial charge in [0.05, 0.1) is 33.0 Å². The largest absolute Gasteiger partial charge is 0.481 e. The molecule has 2 N–H and O–H groups in total. The third-order valence-electron chi connectivity index (χ3n) is 4.10. The van der Waals surface area contributed by atoms with Crippen LogP contribution in [0.5, 0.6) is 11.8 Å². The first-order chi connectivity index (χ1) is 14.8. The van der Waals surface area contributed by atoms with Crippen LogP contribution in [0.1, 0.15) is 10.4 Å². The van der Waals surface area contributed by atoms with Crippen molar-refractivity contribution in [3.63, 3.8) is 0 Å². The van der Waals surface area contributed by atoms with Crippen molar-refractivity contribution in [2.24, 2.45) is 0 Å². The van der Waals surface area contributed by atoms with Crippen LogP contribution in [0.25, 0.3) is 10.8 Å². The summed E-state index contributed by atoms with van der Waals surface area (Å²) in [7, 11) is -0.320. The fourth-order valence-electron chi connectivity index (χ4n) is 2.77. The molecule has 3 aromatic rings. The van der Waals surface area contributed by atoms with E-state index >= 15 is 0 Å². The lowest BCUT2D eigenvalue weighted by Gasteiger charge is -2.15. The maximum Gasteiger partial charge on any atom is 0.339 e. The summed E-state index contributed by atoms with van der Waals surface area (Å²) in [6, 6.07) is 11.2. The molecule has 162 valence electrons. The van der Waals surface area contributed by atoms with E-state index < -0.39 is 16.0 Å². The van der Waals surface area contributed by atoms with E-state index in [-0.39, 0.29) is 33.3 Å². The van der Waals surface area contributed by atoms with E-state index in [1.807, 2.05) is 0 Å². The van der Waals surface area contributed by atoms with Crippen molar-refractivity contribution in [3.8, 4) is 11.8 Å². The quantitative estimate of drug-likeness (QED) is 0.415. The normalized spacial score (nSPS) is 10.9. The molecule has 0 spiro atoms. The van der Waals surface area contributed by atoms with E-state index in [2.05, 4.69) is 20.0 Å². The van der Waals surface area contributed by atoms with Crippen molar-refractivity contribution in [1.82, 2.24) is 14.7 Å². The lowest BCUT2D eigenvalue weighted by atomic mass is 10.1. The Balaban J connectivity index is 1.98. The highest BCUT2D eigenvalue weighted by Crippen LogP contribution is 2.27. The average Bonchev–Trinajstić information content (AvgIpc) is 2.76. The van der Waals surface area contributed by atoms with E-state index in [0.29, 0.717) is 10.8 Å². The zero-order valence-corrected chi connectivity index (χ0v) is 18.3. The first-order valence-corrected chi connectivity index (χ1v) is 10.6. The molecule has 0 aliphatic carbocycles. The average molecular weight is 463 g/mol. The number of methoxy groups -OCH3 is 3. The molecule has 0 amide bonds. The number of anilines is 1. The van der Waals surface area contributed by atoms with E-state index in [9.17, 15) is 13.2 Å². The molecule has 0 fully saturated rings. The number of nitrogens with zero attached hydrogens (tertiary/aromatic N) is 2. The van der Waals surface area contributed by atoms with Gasteiger partial charge in [0.1, 0.15) is 4.90 Å². The number of benzene rings is 2. The molecule has 2 aromatic carbocycles. The number of sulfonamides is 1. The Labute approximate surface area is 183 Å². The second-order valence-corrected chi connectivity index (χ2v) is 8.02. The van der Waals surface area contributed by atoms with Crippen LogP contribution >= 0.6 is 12.2 Å². The molecule has 0 saturated heterocycles. The fraction of sp³-hybridized carbons (Fsp3) is 0.158. The van der Waals surface area contributed by atoms with Crippen LogP contribution in [-0.2, 0) is 14.8 Å². The molecule has 1 aromatic heterocycles. The minimum atomic E-state index is -4.30. The van der Waals surface area contributed by atoms with Crippen LogP contribution in [0, 0.1) is 0 Å². The summed E-state index contributed by atoms with van der Waals surface area (Å²) in [5.41, 5.74) is -0.129. The second-order valence-electron chi connectivity index (χ2n) is 5.99. The van der Waals surface area contributed by atoms with E-state index in [1.54, 1.807) is 30.3 Å². The van der Waals surface area contributed by atoms with Crippen molar-refractivity contribution < 1.29 is 27.4 Å². The van der Waals surface area contributed by atoms with Gasteiger partial charge in [-0.2, -0.15) is 9.97 Å². The number of esters is 1. The van der Waals surface area contributed by atoms with E-state index in [1.165, 1.54) is 33.5 Å². The monoisotopic (exact) mass is 462 g/mol. The van der Waals surface area contributed by atoms with Gasteiger partial charge in [-0.25, -0.2) is 13.2 Å². The SMILES string of the molecule is COC(=O)c1ccc2ccccc2c1S(=O)(=O)NC(=S)Nc1nc(OC)cc(OC)n1. The highest BCUT2D eigenvalue weighted by Gasteiger charge is 2.27. The first kappa shape index (κ1) is 22.2. The number of carbonyl (C=O) groups excluding carboxylic acids is 1. The Morgan fingerprint density at radius 2 is 1.65 bits per heavy atom. The number of thiocarbonyl (C=S) groups is 1. The molecule has 1 heterocycles. The molecule has 0 aliphatic rings. The Morgan fingerprint density at radius 1 is 1.00 bits per heavy atom. The number of fused-ring (bicyclic) bond motifs is 1. The van der Waals surface area contributed by atoms with Gasteiger partial charge >= 0.3 is 5.97 Å². The third-order valence-corrected chi connectivity index (χ3v) is 5.89. The summed E-state index contributed by atoms with van der Waals surface area (Å²) in [6.07, 6.45) is 0. The summed E-state index contributed by atoms with van der Waals surface area (Å²) in [4.78, 5) is 20.0. The Bertz CT molecular complexity index is 1240. The highest BCUT2D eigenvalue weighted by molar-refractivity contribution is 7.92. The molecule has 3 rings (SSSR count). The van der Waals surface area contributed by atoms with Gasteiger partial charge in [0.25, 0.3) is 10.0 Å². The standard InChI is InChI=1S/C19H18N4O6S2/c1-27-14-10-15(28-2)21-18(20-14)22-19(30)23-31(25,26)16-12-7-5-4-6-11(12)8-9-13(16)17(24)29-3/h4-10H,1-3H3,(H2,20,21,22,23,30). The van der Waals surface area contributed by atoms with E-state index in [0.717, 1.165) is 0 Å². The smallest absolute Gasteiger partial charge is 0.339 e. The molecule has 0 atom stereocenters. The van der Waals surface area contributed by atoms with Crippen LogP contribution < -0.4 is 19.5 Å². The van der Waals surface area contributed by atoms with Gasteiger partial charge in [-0.15, -0.1) is 0 Å². The van der Waals surface area contributed by atoms with Gasteiger partial charge in [-0.05, 0) is 23.7 Å². The summed E-state index contributed by atoms with van der Waals surface area (Å²) < 4.78 is 43.5. The highest BCUT2D eigenvalue weighted by atomic mass is 32.2. The van der Waals surface area contributed by atoms with Crippen LogP contribution in [0.3, 0.4) is 0 Å². The molecule has 31 heavy (non-hydrogen) atoms. The van der Waals surface area contributed by atoms with Crippen molar-refractivity contribution in [3.05, 3.63) is 48.0 Å². The Hall–Kier alpha value is -3.51. The zero-order chi connectivity index (χ0) is 22.6. The van der Waals surface area contributed by atoms with Crippen molar-refractivity contribution in [2.45, 2.75) is 4.90 Å². The molecular weight excluding hydrogens is 444 g/mol. The van der Waals surface area contributed by atoms with Gasteiger partial charge in [-0.1, -0.05) is 30.3 Å². The summed E-state index contributed by atoms with van der Waals surface area (Å²) in [5, 5.41) is 3.20. The summed E-state index contributed by atoms with van der Waals surface area (Å²) in [6.45, 7) is 0. The molecular formula is C19H18N4O6S2. The van der Waals surface area contributed by atoms with Crippen molar-refractivity contribution in [1.29, 1.82) is 0 Å². The molecule has 0 radical (unpaired) electrons. The summed E-state index contributed by atoms with van der Waals surface area (Å²) >= 11 is 5.12. The molecule has 0 saturated carbocycles. The second kappa shape index (κ2) is 9.10. The van der Waals surface area contributed by atoms with Crippen molar-refractivity contribution >= 4 is 50.0 Å². The first-order valence-electron chi connectivity index (χ1n) is 8.70. The number of hydrogen-bond donors (Lipinski definition) is 2. The molecule has 0 unspecified atom stereocenters. The van der Waals surface area contributed by atoms with E-state index in [4.69, 9.17) is 26.4 Å². The van der Waals surface area contributed by atoms with Crippen molar-refractivity contribution in [2.75, 3.05) is 26.6 Å². The minimum absolute atomic E-state index is 0.0463. The van der Waals surface area contributed by atoms with Crippen LogP contribution in [0.2, 0.25) is 0 Å². The number of carbonyl (C=O) groups is 1. The van der Waals surface area contributed by atoms with Crippen LogP contribution in [0.15, 0.2) is 47.4 Å². The number of aromatic nitrogens is 2. The number of ether oxygens (including phenoxy) is 3. The van der Waals surface area contributed by atoms with Crippen LogP contribution in [-0.4, -0.2) is 50.8 Å². The third kappa shape index (κ3) is 4.81. The van der Waals surface area contributed by atoms with Gasteiger partial charge in [0.15, 0.2) is 5.11 Å². The van der Waals surface area contributed by atoms with Gasteiger partial charge in [-0.3, -0.25) is 4.72 Å². The van der Waals surface area contributed by atoms with Gasteiger partial charge in [0.2, 0.25) is 17.7 Å². The topological polar surface area (TPSA) is 129 Å². The number of hydrogen-bond acceptors (Lipinski definition) is 9. The predicted octanol–water partition coefficient (Wildman–Crippen LogP) is 2.11. The summed E-state index contributed by atoms with van der Waals surface area (Å²) in [5.74, 6) is -0.482. The molecule has 10 nitrogen and oxygen atoms in total. The Kier molecular flexibility index (Phi) is 6.51. The lowest BCUT2D eigenvalue weighted by molar-refractivity contribution is 0.0596. The molecule has 0 aliphatic heterocycles. The maximum absolute atomic E-state index is 13.2. The maximum atomic E-state index is 13.2. The van der Waals surface area contributed by atoms with Gasteiger partial charge in [0, 0.05) is 5.39 Å². The van der Waals surface area contributed by atoms with Gasteiger partial charge < -0.3 is 19.5 Å². The minimum Gasteiger partial charge on any atom is -0.481 e. The Morgan fingerprint density at radius 3 is 2.26 bits per heavy atom. The molecule has 0 bridgehead atoms. The van der Waals surface area contributed by atoms with Crippen LogP contribution in [0.4, 0.5) is 5.95 Å². The lowest BCUT2D eigenvalue weighted by Crippen LogP contribution is -2.35. The predicted molar refractivity (Wildman–Crippen MR) is 117 cm³/mol. The number of rotatable bonds is 6. The fourth-order valence-corrected chi connectivity index (χ4v) is 4.51.